The summed E-state index contributed by atoms with van der Waals surface area (Å²) in [5, 5.41) is 10.5. The smallest absolute Gasteiger partial charge is 0.253 e. The predicted molar refractivity (Wildman–Crippen MR) is 134 cm³/mol. The van der Waals surface area contributed by atoms with Gasteiger partial charge in [0.25, 0.3) is 10.0 Å². The van der Waals surface area contributed by atoms with Crippen molar-refractivity contribution in [3.63, 3.8) is 0 Å². The van der Waals surface area contributed by atoms with Crippen molar-refractivity contribution < 1.29 is 37.2 Å². The second kappa shape index (κ2) is 9.66. The van der Waals surface area contributed by atoms with Crippen molar-refractivity contribution in [3.05, 3.63) is 65.2 Å². The highest BCUT2D eigenvalue weighted by molar-refractivity contribution is 7.89. The largest absolute Gasteiger partial charge is 0.502 e. The Bertz CT molecular complexity index is 1400. The van der Waals surface area contributed by atoms with Crippen molar-refractivity contribution in [3.8, 4) is 34.5 Å². The van der Waals surface area contributed by atoms with Gasteiger partial charge in [0.1, 0.15) is 5.75 Å². The van der Waals surface area contributed by atoms with Crippen LogP contribution in [0, 0.1) is 12.8 Å². The molecule has 0 radical (unpaired) electrons. The first-order valence-electron chi connectivity index (χ1n) is 11.6. The molecule has 3 aromatic rings. The number of hydrogen-bond acceptors (Lipinski definition) is 9. The molecule has 10 nitrogen and oxygen atoms in total. The third kappa shape index (κ3) is 4.61. The molecule has 0 amide bonds. The minimum atomic E-state index is -3.85. The molecule has 0 fully saturated rings. The van der Waals surface area contributed by atoms with Gasteiger partial charge in [0.2, 0.25) is 12.5 Å². The highest BCUT2D eigenvalue weighted by atomic mass is 32.2. The summed E-state index contributed by atoms with van der Waals surface area (Å²) in [5.41, 5.74) is 5.40. The van der Waals surface area contributed by atoms with E-state index in [1.165, 1.54) is 26.4 Å². The number of nitrogens with one attached hydrogen (secondary N) is 2. The second-order valence-electron chi connectivity index (χ2n) is 8.96. The number of benzene rings is 3. The average Bonchev–Trinajstić information content (AvgIpc) is 3.34. The average molecular weight is 529 g/mol. The molecule has 0 aliphatic carbocycles. The van der Waals surface area contributed by atoms with Gasteiger partial charge in [-0.2, -0.15) is 0 Å². The summed E-state index contributed by atoms with van der Waals surface area (Å²) >= 11 is 0. The van der Waals surface area contributed by atoms with Crippen LogP contribution in [0.1, 0.15) is 29.5 Å². The molecule has 0 bridgehead atoms. The van der Waals surface area contributed by atoms with Crippen LogP contribution in [-0.4, -0.2) is 40.8 Å². The maximum absolute atomic E-state index is 12.9. The number of sulfonamides is 1. The third-order valence-electron chi connectivity index (χ3n) is 6.63. The molecule has 0 aromatic heterocycles. The van der Waals surface area contributed by atoms with Gasteiger partial charge in [0.15, 0.2) is 29.2 Å². The van der Waals surface area contributed by atoms with Gasteiger partial charge in [0, 0.05) is 23.5 Å². The third-order valence-corrected chi connectivity index (χ3v) is 7.90. The van der Waals surface area contributed by atoms with E-state index >= 15 is 0 Å². The number of hydrogen-bond donors (Lipinski definition) is 3. The van der Waals surface area contributed by atoms with E-state index in [0.29, 0.717) is 17.2 Å². The lowest BCUT2D eigenvalue weighted by Gasteiger charge is -2.38. The van der Waals surface area contributed by atoms with Crippen LogP contribution in [0.5, 0.6) is 34.5 Å². The van der Waals surface area contributed by atoms with Crippen LogP contribution in [0.2, 0.25) is 0 Å². The number of phenolic OH excluding ortho intramolecular Hbond substituents is 1. The van der Waals surface area contributed by atoms with Crippen LogP contribution in [0.25, 0.3) is 0 Å². The fraction of sp³-hybridized carbons (Fsp3) is 0.308. The molecule has 11 heteroatoms. The van der Waals surface area contributed by atoms with E-state index in [9.17, 15) is 13.5 Å². The minimum absolute atomic E-state index is 0.0946. The number of phenols is 1. The maximum atomic E-state index is 12.9. The van der Waals surface area contributed by atoms with Crippen molar-refractivity contribution in [2.24, 2.45) is 5.92 Å². The summed E-state index contributed by atoms with van der Waals surface area (Å²) in [4.78, 5) is 2.58. The molecular formula is C26H28N2O8S. The van der Waals surface area contributed by atoms with E-state index in [1.54, 1.807) is 30.3 Å². The number of ether oxygens (including phenoxy) is 5. The van der Waals surface area contributed by atoms with Gasteiger partial charge in [-0.15, -0.1) is 4.83 Å². The van der Waals surface area contributed by atoms with E-state index < -0.39 is 16.3 Å². The zero-order chi connectivity index (χ0) is 26.3. The Morgan fingerprint density at radius 2 is 1.57 bits per heavy atom. The molecule has 0 saturated carbocycles. The highest BCUT2D eigenvalue weighted by Gasteiger charge is 2.39. The summed E-state index contributed by atoms with van der Waals surface area (Å²) in [7, 11) is -0.934. The highest BCUT2D eigenvalue weighted by Crippen LogP contribution is 2.50. The molecule has 0 spiro atoms. The standard InChI is InChI=1S/C26H28N2O8S/c1-14-5-7-17(8-6-14)37(30,31)28-27-26-15(2)24(16-9-22(32-3)25(29)23(10-16)33-4)18-11-20-21(35-13-34-20)12-19(18)36-26/h5-12,15,24,26-29H,13H2,1-4H3/t15-,24+,26+/m0/s1. The summed E-state index contributed by atoms with van der Waals surface area (Å²) in [6.07, 6.45) is -0.760. The Morgan fingerprint density at radius 3 is 2.19 bits per heavy atom. The van der Waals surface area contributed by atoms with Gasteiger partial charge in [-0.25, -0.2) is 13.8 Å². The molecule has 0 unspecified atom stereocenters. The quantitative estimate of drug-likeness (QED) is 0.396. The van der Waals surface area contributed by atoms with Gasteiger partial charge in [-0.3, -0.25) is 0 Å². The first-order chi connectivity index (χ1) is 17.7. The molecule has 2 heterocycles. The van der Waals surface area contributed by atoms with Gasteiger partial charge in [-0.1, -0.05) is 24.6 Å². The van der Waals surface area contributed by atoms with Crippen molar-refractivity contribution in [1.29, 1.82) is 0 Å². The molecular weight excluding hydrogens is 500 g/mol. The van der Waals surface area contributed by atoms with Crippen LogP contribution >= 0.6 is 0 Å². The SMILES string of the molecule is COc1cc([C@@H]2c3cc4c(cc3O[C@@H](NNS(=O)(=O)c3ccc(C)cc3)[C@H]2C)OCO4)cc(OC)c1O. The molecule has 37 heavy (non-hydrogen) atoms. The lowest BCUT2D eigenvalue weighted by molar-refractivity contribution is 0.0736. The van der Waals surface area contributed by atoms with Gasteiger partial charge < -0.3 is 28.8 Å². The normalized spacial score (nSPS) is 20.2. The Balaban J connectivity index is 1.53. The zero-order valence-corrected chi connectivity index (χ0v) is 21.6. The van der Waals surface area contributed by atoms with E-state index in [-0.39, 0.29) is 40.8 Å². The molecule has 3 N–H and O–H groups in total. The van der Waals surface area contributed by atoms with Gasteiger partial charge in [0.05, 0.1) is 19.1 Å². The van der Waals surface area contributed by atoms with Crippen LogP contribution in [0.3, 0.4) is 0 Å². The van der Waals surface area contributed by atoms with Crippen LogP contribution < -0.4 is 33.9 Å². The van der Waals surface area contributed by atoms with E-state index in [0.717, 1.165) is 16.7 Å². The van der Waals surface area contributed by atoms with Crippen LogP contribution in [0.4, 0.5) is 0 Å². The summed E-state index contributed by atoms with van der Waals surface area (Å²) < 4.78 is 53.9. The number of fused-ring (bicyclic) bond motifs is 2. The number of aromatic hydroxyl groups is 1. The molecule has 3 atom stereocenters. The lowest BCUT2D eigenvalue weighted by Crippen LogP contribution is -2.52. The number of rotatable bonds is 7. The van der Waals surface area contributed by atoms with Gasteiger partial charge in [-0.05, 0) is 42.8 Å². The molecule has 2 aliphatic heterocycles. The molecule has 0 saturated heterocycles. The second-order valence-corrected chi connectivity index (χ2v) is 10.6. The van der Waals surface area contributed by atoms with Crippen molar-refractivity contribution >= 4 is 10.0 Å². The monoisotopic (exact) mass is 528 g/mol. The molecule has 196 valence electrons. The fourth-order valence-corrected chi connectivity index (χ4v) is 5.52. The van der Waals surface area contributed by atoms with Gasteiger partial charge >= 0.3 is 0 Å². The fourth-order valence-electron chi connectivity index (χ4n) is 4.64. The minimum Gasteiger partial charge on any atom is -0.502 e. The first kappa shape index (κ1) is 25.0. The number of methoxy groups -OCH3 is 2. The number of aryl methyl sites for hydroxylation is 1. The summed E-state index contributed by atoms with van der Waals surface area (Å²) in [5.74, 6) is 1.40. The van der Waals surface area contributed by atoms with E-state index in [4.69, 9.17) is 23.7 Å². The van der Waals surface area contributed by atoms with Crippen molar-refractivity contribution in [2.45, 2.75) is 30.9 Å². The topological polar surface area (TPSA) is 125 Å². The zero-order valence-electron chi connectivity index (χ0n) is 20.8. The predicted octanol–water partition coefficient (Wildman–Crippen LogP) is 3.42. The first-order valence-corrected chi connectivity index (χ1v) is 13.1. The van der Waals surface area contributed by atoms with Crippen molar-refractivity contribution in [2.75, 3.05) is 21.0 Å². The summed E-state index contributed by atoms with van der Waals surface area (Å²) in [6, 6.07) is 13.6. The Kier molecular flexibility index (Phi) is 6.52. The van der Waals surface area contributed by atoms with Crippen molar-refractivity contribution in [1.82, 2.24) is 10.3 Å². The summed E-state index contributed by atoms with van der Waals surface area (Å²) in [6.45, 7) is 3.91. The molecule has 3 aromatic carbocycles. The maximum Gasteiger partial charge on any atom is 0.253 e. The lowest BCUT2D eigenvalue weighted by atomic mass is 9.78. The Morgan fingerprint density at radius 1 is 0.946 bits per heavy atom. The Hall–Kier alpha value is -3.67. The van der Waals surface area contributed by atoms with E-state index in [2.05, 4.69) is 10.3 Å². The Labute approximate surface area is 215 Å². The van der Waals surface area contributed by atoms with E-state index in [1.807, 2.05) is 19.9 Å². The molecule has 2 aliphatic rings. The van der Waals surface area contributed by atoms with Crippen LogP contribution in [0.15, 0.2) is 53.4 Å². The van der Waals surface area contributed by atoms with Crippen LogP contribution in [-0.2, 0) is 10.0 Å². The number of hydrazine groups is 1. The molecule has 5 rings (SSSR count).